The van der Waals surface area contributed by atoms with Crippen LogP contribution in [-0.2, 0) is 14.3 Å². The minimum absolute atomic E-state index is 0.0219. The van der Waals surface area contributed by atoms with Gasteiger partial charge in [0.05, 0.1) is 37.3 Å². The molecule has 202 valence electrons. The smallest absolute Gasteiger partial charge is 0.229 e. The third-order valence-corrected chi connectivity index (χ3v) is 8.17. The third-order valence-electron chi connectivity index (χ3n) is 7.68. The Morgan fingerprint density at radius 3 is 2.47 bits per heavy atom. The first kappa shape index (κ1) is 28.6. The fourth-order valence-corrected chi connectivity index (χ4v) is 6.33. The Bertz CT molecular complexity index is 1210. The molecule has 5 atom stereocenters. The molecule has 0 radical (unpaired) electrons. The number of likely N-dealkylation sites (tertiary alicyclic amines) is 1. The molecule has 4 unspecified atom stereocenters. The molecule has 2 aromatic rings. The van der Waals surface area contributed by atoms with Crippen molar-refractivity contribution in [3.63, 3.8) is 0 Å². The van der Waals surface area contributed by atoms with Crippen molar-refractivity contribution < 1.29 is 14.3 Å². The van der Waals surface area contributed by atoms with Crippen LogP contribution in [0, 0.1) is 16.7 Å². The highest BCUT2D eigenvalue weighted by Crippen LogP contribution is 2.53. The number of benzene rings is 2. The van der Waals surface area contributed by atoms with Crippen molar-refractivity contribution in [2.75, 3.05) is 6.61 Å². The van der Waals surface area contributed by atoms with Crippen LogP contribution in [0.1, 0.15) is 76.5 Å². The molecule has 0 aromatic heterocycles. The lowest BCUT2D eigenvalue weighted by molar-refractivity contribution is -0.161. The van der Waals surface area contributed by atoms with Gasteiger partial charge in [-0.15, -0.1) is 0 Å². The number of amides is 1. The summed E-state index contributed by atoms with van der Waals surface area (Å²) >= 11 is 12.7. The van der Waals surface area contributed by atoms with E-state index in [1.165, 1.54) is 0 Å². The van der Waals surface area contributed by atoms with E-state index in [4.69, 9.17) is 37.9 Å². The van der Waals surface area contributed by atoms with Gasteiger partial charge >= 0.3 is 0 Å². The Hall–Kier alpha value is -2.36. The van der Waals surface area contributed by atoms with Crippen molar-refractivity contribution in [1.82, 2.24) is 4.90 Å². The summed E-state index contributed by atoms with van der Waals surface area (Å²) in [6.07, 6.45) is 5.87. The molecule has 7 heteroatoms. The quantitative estimate of drug-likeness (QED) is 0.311. The molecule has 0 aliphatic carbocycles. The first-order valence-corrected chi connectivity index (χ1v) is 14.0. The minimum atomic E-state index is -0.694. The third kappa shape index (κ3) is 6.26. The maximum atomic E-state index is 14.6. The lowest BCUT2D eigenvalue weighted by Crippen LogP contribution is -2.56. The molecule has 4 rings (SSSR count). The fraction of sp³-hybridized carbons (Fsp3) is 0.484. The van der Waals surface area contributed by atoms with Gasteiger partial charge < -0.3 is 14.4 Å². The molecular weight excluding hydrogens is 519 g/mol. The van der Waals surface area contributed by atoms with Crippen molar-refractivity contribution in [3.05, 3.63) is 81.9 Å². The summed E-state index contributed by atoms with van der Waals surface area (Å²) in [5, 5.41) is 10.5. The van der Waals surface area contributed by atoms with Crippen LogP contribution >= 0.6 is 23.2 Å². The second kappa shape index (κ2) is 11.8. The van der Waals surface area contributed by atoms with Crippen molar-refractivity contribution in [3.8, 4) is 6.07 Å². The Morgan fingerprint density at radius 2 is 1.87 bits per heavy atom. The molecule has 0 N–H and O–H groups in total. The highest BCUT2D eigenvalue weighted by molar-refractivity contribution is 6.30. The van der Waals surface area contributed by atoms with Crippen LogP contribution in [-0.4, -0.2) is 35.3 Å². The summed E-state index contributed by atoms with van der Waals surface area (Å²) in [5.41, 5.74) is 1.41. The predicted octanol–water partition coefficient (Wildman–Crippen LogP) is 7.85. The van der Waals surface area contributed by atoms with Gasteiger partial charge in [0.2, 0.25) is 5.91 Å². The Labute approximate surface area is 236 Å². The zero-order chi connectivity index (χ0) is 27.5. The van der Waals surface area contributed by atoms with E-state index >= 15 is 0 Å². The van der Waals surface area contributed by atoms with Crippen LogP contribution in [0.5, 0.6) is 0 Å². The van der Waals surface area contributed by atoms with Gasteiger partial charge in [-0.25, -0.2) is 0 Å². The molecule has 0 spiro atoms. The number of rotatable bonds is 8. The number of piperidine rings is 1. The molecule has 38 heavy (non-hydrogen) atoms. The van der Waals surface area contributed by atoms with Gasteiger partial charge in [0.1, 0.15) is 0 Å². The highest BCUT2D eigenvalue weighted by Gasteiger charge is 2.52. The molecule has 2 aliphatic heterocycles. The number of carbonyl (C=O) groups is 1. The minimum Gasteiger partial charge on any atom is -0.348 e. The van der Waals surface area contributed by atoms with Gasteiger partial charge in [-0.1, -0.05) is 73.5 Å². The molecule has 2 fully saturated rings. The second-order valence-electron chi connectivity index (χ2n) is 11.1. The summed E-state index contributed by atoms with van der Waals surface area (Å²) in [6.45, 7) is 8.39. The Kier molecular flexibility index (Phi) is 8.89. The van der Waals surface area contributed by atoms with E-state index in [2.05, 4.69) is 26.0 Å². The molecule has 2 heterocycles. The molecule has 2 aromatic carbocycles. The number of carbonyl (C=O) groups excluding carboxylic acids is 1. The highest BCUT2D eigenvalue weighted by atomic mass is 35.5. The van der Waals surface area contributed by atoms with Crippen molar-refractivity contribution in [2.45, 2.75) is 83.3 Å². The zero-order valence-corrected chi connectivity index (χ0v) is 24.0. The number of nitrogens with zero attached hydrogens (tertiary/aromatic N) is 2. The van der Waals surface area contributed by atoms with Gasteiger partial charge in [0, 0.05) is 21.4 Å². The topological polar surface area (TPSA) is 62.6 Å². The van der Waals surface area contributed by atoms with E-state index in [1.807, 2.05) is 73.4 Å². The monoisotopic (exact) mass is 554 g/mol. The molecular formula is C31H36Cl2N2O3. The molecule has 1 amide bonds. The van der Waals surface area contributed by atoms with E-state index in [-0.39, 0.29) is 30.0 Å². The number of nitriles is 1. The van der Waals surface area contributed by atoms with E-state index in [1.54, 1.807) is 0 Å². The standard InChI is InChI=1S/C31H36Cl2N2O3/c1-5-25(11-6-7-16-34)35-28(21-12-14-23(32)15-13-21)27(22-9-8-10-24(33)17-22)19-31(4,29(35)36)18-26-20-37-30(2,3)38-26/h6,8-15,17,25-28H,5,7,18-20H2,1-4H3/b11-6+/t25?,26?,27?,28?,31-/m0/s1. The fourth-order valence-electron chi connectivity index (χ4n) is 6.00. The van der Waals surface area contributed by atoms with Crippen molar-refractivity contribution >= 4 is 29.1 Å². The molecule has 0 bridgehead atoms. The largest absolute Gasteiger partial charge is 0.348 e. The summed E-state index contributed by atoms with van der Waals surface area (Å²) in [7, 11) is 0. The maximum Gasteiger partial charge on any atom is 0.229 e. The summed E-state index contributed by atoms with van der Waals surface area (Å²) in [6, 6.07) is 17.5. The summed E-state index contributed by atoms with van der Waals surface area (Å²) in [5.74, 6) is -0.605. The van der Waals surface area contributed by atoms with E-state index in [0.717, 1.165) is 11.1 Å². The first-order chi connectivity index (χ1) is 18.1. The average molecular weight is 556 g/mol. The van der Waals surface area contributed by atoms with Crippen LogP contribution in [0.2, 0.25) is 10.0 Å². The zero-order valence-electron chi connectivity index (χ0n) is 22.5. The SMILES string of the molecule is CCC(/C=C/CC#N)N1C(=O)[C@@](C)(CC2COC(C)(C)O2)CC(c2cccc(Cl)c2)C1c1ccc(Cl)cc1. The molecule has 0 saturated carbocycles. The van der Waals surface area contributed by atoms with E-state index < -0.39 is 11.2 Å². The lowest BCUT2D eigenvalue weighted by Gasteiger charge is -2.52. The van der Waals surface area contributed by atoms with Crippen LogP contribution in [0.25, 0.3) is 0 Å². The molecule has 5 nitrogen and oxygen atoms in total. The Morgan fingerprint density at radius 1 is 1.13 bits per heavy atom. The first-order valence-electron chi connectivity index (χ1n) is 13.3. The number of hydrogen-bond acceptors (Lipinski definition) is 4. The number of ether oxygens (including phenoxy) is 2. The lowest BCUT2D eigenvalue weighted by atomic mass is 9.66. The number of allylic oxidation sites excluding steroid dienone is 1. The molecule has 2 saturated heterocycles. The van der Waals surface area contributed by atoms with Gasteiger partial charge in [-0.3, -0.25) is 4.79 Å². The summed E-state index contributed by atoms with van der Waals surface area (Å²) in [4.78, 5) is 16.6. The average Bonchev–Trinajstić information content (AvgIpc) is 3.22. The van der Waals surface area contributed by atoms with Gasteiger partial charge in [0.15, 0.2) is 5.79 Å². The normalized spacial score (nSPS) is 28.0. The van der Waals surface area contributed by atoms with Crippen molar-refractivity contribution in [1.29, 1.82) is 5.26 Å². The van der Waals surface area contributed by atoms with Crippen molar-refractivity contribution in [2.24, 2.45) is 5.41 Å². The molecule has 2 aliphatic rings. The number of halogens is 2. The number of hydrogen-bond donors (Lipinski definition) is 0. The van der Waals surface area contributed by atoms with Gasteiger partial charge in [-0.2, -0.15) is 5.26 Å². The van der Waals surface area contributed by atoms with Crippen LogP contribution < -0.4 is 0 Å². The summed E-state index contributed by atoms with van der Waals surface area (Å²) < 4.78 is 12.0. The van der Waals surface area contributed by atoms with Crippen LogP contribution in [0.15, 0.2) is 60.7 Å². The predicted molar refractivity (Wildman–Crippen MR) is 151 cm³/mol. The van der Waals surface area contributed by atoms with Gasteiger partial charge in [0.25, 0.3) is 0 Å². The van der Waals surface area contributed by atoms with Crippen LogP contribution in [0.4, 0.5) is 0 Å². The van der Waals surface area contributed by atoms with Gasteiger partial charge in [-0.05, 0) is 68.5 Å². The maximum absolute atomic E-state index is 14.6. The van der Waals surface area contributed by atoms with E-state index in [0.29, 0.717) is 42.3 Å². The van der Waals surface area contributed by atoms with E-state index in [9.17, 15) is 4.79 Å². The second-order valence-corrected chi connectivity index (χ2v) is 11.9. The van der Waals surface area contributed by atoms with Crippen LogP contribution in [0.3, 0.4) is 0 Å². The Balaban J connectivity index is 1.84.